The number of hydrogen-bond acceptors (Lipinski definition) is 9. The Labute approximate surface area is 276 Å². The van der Waals surface area contributed by atoms with Gasteiger partial charge >= 0.3 is 18.1 Å². The standard InChI is InChI=1S/C30H30N10O3.H2O4S/c31-19-22-1-7-25(8-2-22)37-28(41)34-13-16-40(17-14-35-29(42)38-26-9-3-23(20-32)4-10-26)18-15-36-30(43)39-27-11-5-24(21-33)6-12-27;1-5(2,3)4/h1-12H,13-18H2,(H2,34,37,41)(H2,35,38,42)(H2,36,39,43);(H2,1,2,3,4). The Morgan fingerprint density at radius 2 is 0.812 bits per heavy atom. The van der Waals surface area contributed by atoms with Crippen LogP contribution in [0.2, 0.25) is 0 Å². The molecule has 0 aliphatic carbocycles. The van der Waals surface area contributed by atoms with Gasteiger partial charge in [-0.15, -0.1) is 0 Å². The number of quaternary nitrogens is 1. The lowest BCUT2D eigenvalue weighted by Gasteiger charge is -2.20. The molecule has 0 unspecified atom stereocenters. The molecular weight excluding hydrogens is 644 g/mol. The second-order valence-corrected chi connectivity index (χ2v) is 10.5. The Morgan fingerprint density at radius 1 is 0.583 bits per heavy atom. The van der Waals surface area contributed by atoms with E-state index in [-0.39, 0.29) is 0 Å². The van der Waals surface area contributed by atoms with Crippen molar-refractivity contribution in [3.8, 4) is 18.2 Å². The van der Waals surface area contributed by atoms with Gasteiger partial charge in [0.15, 0.2) is 0 Å². The van der Waals surface area contributed by atoms with E-state index in [0.29, 0.717) is 73.0 Å². The molecule has 18 heteroatoms. The molecule has 0 aromatic heterocycles. The van der Waals surface area contributed by atoms with Gasteiger partial charge in [0.2, 0.25) is 10.4 Å². The van der Waals surface area contributed by atoms with Crippen LogP contribution in [0.5, 0.6) is 0 Å². The normalized spacial score (nSPS) is 10.1. The van der Waals surface area contributed by atoms with E-state index in [1.54, 1.807) is 72.8 Å². The molecule has 0 heterocycles. The number of benzene rings is 3. The molecule has 0 saturated heterocycles. The molecule has 0 spiro atoms. The van der Waals surface area contributed by atoms with Gasteiger partial charge in [0.1, 0.15) is 0 Å². The third-order valence-corrected chi connectivity index (χ3v) is 6.11. The van der Waals surface area contributed by atoms with E-state index in [4.69, 9.17) is 33.3 Å². The van der Waals surface area contributed by atoms with E-state index in [1.807, 2.05) is 18.2 Å². The highest BCUT2D eigenvalue weighted by molar-refractivity contribution is 7.79. The Morgan fingerprint density at radius 3 is 1.02 bits per heavy atom. The zero-order valence-electron chi connectivity index (χ0n) is 25.3. The van der Waals surface area contributed by atoms with Crippen molar-refractivity contribution in [3.63, 3.8) is 0 Å². The van der Waals surface area contributed by atoms with Gasteiger partial charge in [-0.05, 0) is 72.8 Å². The number of nitriles is 3. The highest BCUT2D eigenvalue weighted by Crippen LogP contribution is 2.10. The lowest BCUT2D eigenvalue weighted by molar-refractivity contribution is -0.896. The van der Waals surface area contributed by atoms with Crippen LogP contribution >= 0.6 is 0 Å². The monoisotopic (exact) mass is 676 g/mol. The van der Waals surface area contributed by atoms with E-state index < -0.39 is 28.5 Å². The van der Waals surface area contributed by atoms with Crippen molar-refractivity contribution in [1.29, 1.82) is 15.8 Å². The van der Waals surface area contributed by atoms with E-state index in [1.165, 1.54) is 0 Å². The fraction of sp³-hybridized carbons (Fsp3) is 0.200. The molecule has 0 fully saturated rings. The van der Waals surface area contributed by atoms with Crippen LogP contribution in [0.3, 0.4) is 0 Å². The minimum atomic E-state index is -4.92. The number of rotatable bonds is 12. The minimum Gasteiger partial charge on any atom is -0.726 e. The molecular formula is C30H32N10O7S. The number of hydrogen-bond donors (Lipinski definition) is 8. The van der Waals surface area contributed by atoms with Crippen molar-refractivity contribution in [2.45, 2.75) is 0 Å². The molecule has 3 aromatic rings. The summed E-state index contributed by atoms with van der Waals surface area (Å²) in [5, 5.41) is 43.2. The quantitative estimate of drug-likeness (QED) is 0.0993. The Bertz CT molecular complexity index is 1560. The highest BCUT2D eigenvalue weighted by atomic mass is 32.3. The van der Waals surface area contributed by atoms with Crippen molar-refractivity contribution < 1.29 is 36.8 Å². The van der Waals surface area contributed by atoms with Gasteiger partial charge in [0.25, 0.3) is 0 Å². The summed E-state index contributed by atoms with van der Waals surface area (Å²) in [7, 11) is -4.92. The van der Waals surface area contributed by atoms with Crippen LogP contribution in [0, 0.1) is 34.0 Å². The topological polar surface area (TPSA) is 277 Å². The van der Waals surface area contributed by atoms with E-state index in [0.717, 1.165) is 4.90 Å². The summed E-state index contributed by atoms with van der Waals surface area (Å²) in [5.74, 6) is 0. The molecule has 0 atom stereocenters. The molecule has 17 nitrogen and oxygen atoms in total. The predicted molar refractivity (Wildman–Crippen MR) is 172 cm³/mol. The maximum atomic E-state index is 12.3. The van der Waals surface area contributed by atoms with Crippen LogP contribution in [0.1, 0.15) is 16.7 Å². The molecule has 3 aromatic carbocycles. The first kappa shape index (κ1) is 38.0. The molecule has 0 radical (unpaired) electrons. The maximum Gasteiger partial charge on any atom is 0.319 e. The average Bonchev–Trinajstić information content (AvgIpc) is 3.05. The SMILES string of the molecule is N#Cc1ccc(NC(=O)NCC[NH+](CCNC(=O)Nc2ccc(C#N)cc2)CCNC(=O)Nc2ccc(C#N)cc2)cc1.O=S(=O)([O-])O. The van der Waals surface area contributed by atoms with E-state index in [2.05, 4.69) is 31.9 Å². The average molecular weight is 677 g/mol. The largest absolute Gasteiger partial charge is 0.726 e. The fourth-order valence-electron chi connectivity index (χ4n) is 3.84. The minimum absolute atomic E-state index is 0.326. The van der Waals surface area contributed by atoms with Crippen LogP contribution < -0.4 is 36.8 Å². The summed E-state index contributed by atoms with van der Waals surface area (Å²) in [4.78, 5) is 38.0. The number of urea groups is 3. The van der Waals surface area contributed by atoms with Crippen LogP contribution in [0.15, 0.2) is 72.8 Å². The molecule has 0 saturated carbocycles. The van der Waals surface area contributed by atoms with E-state index in [9.17, 15) is 14.4 Å². The van der Waals surface area contributed by atoms with Gasteiger partial charge in [-0.2, -0.15) is 15.8 Å². The van der Waals surface area contributed by atoms with Crippen molar-refractivity contribution in [2.24, 2.45) is 0 Å². The fourth-order valence-corrected chi connectivity index (χ4v) is 3.84. The van der Waals surface area contributed by atoms with E-state index >= 15 is 0 Å². The van der Waals surface area contributed by atoms with Gasteiger partial charge in [-0.1, -0.05) is 0 Å². The number of amides is 6. The molecule has 48 heavy (non-hydrogen) atoms. The number of carbonyl (C=O) groups is 3. The summed E-state index contributed by atoms with van der Waals surface area (Å²) >= 11 is 0. The van der Waals surface area contributed by atoms with Gasteiger partial charge in [0, 0.05) is 17.1 Å². The zero-order chi connectivity index (χ0) is 35.4. The summed E-state index contributed by atoms with van der Waals surface area (Å²) in [5.41, 5.74) is 3.12. The molecule has 0 aliphatic rings. The van der Waals surface area contributed by atoms with Crippen LogP contribution in [0.25, 0.3) is 0 Å². The second-order valence-electron chi connectivity index (χ2n) is 9.64. The highest BCUT2D eigenvalue weighted by Gasteiger charge is 2.12. The van der Waals surface area contributed by atoms with Crippen LogP contribution in [-0.2, 0) is 10.4 Å². The summed E-state index contributed by atoms with van der Waals surface area (Å²) < 4.78 is 32.8. The first-order chi connectivity index (χ1) is 22.9. The molecule has 0 aliphatic heterocycles. The number of nitrogens with zero attached hydrogens (tertiary/aromatic N) is 3. The predicted octanol–water partition coefficient (Wildman–Crippen LogP) is 0.956. The van der Waals surface area contributed by atoms with Crippen molar-refractivity contribution in [3.05, 3.63) is 89.5 Å². The lowest BCUT2D eigenvalue weighted by atomic mass is 10.2. The molecule has 0 bridgehead atoms. The van der Waals surface area contributed by atoms with Crippen molar-refractivity contribution in [2.75, 3.05) is 55.2 Å². The molecule has 6 amide bonds. The third-order valence-electron chi connectivity index (χ3n) is 6.11. The summed E-state index contributed by atoms with van der Waals surface area (Å²) in [6.45, 7) is 2.51. The third kappa shape index (κ3) is 16.7. The van der Waals surface area contributed by atoms with Gasteiger partial charge in [-0.3, -0.25) is 4.55 Å². The van der Waals surface area contributed by atoms with Crippen molar-refractivity contribution >= 4 is 45.6 Å². The van der Waals surface area contributed by atoms with Gasteiger partial charge < -0.3 is 41.4 Å². The first-order valence-corrected chi connectivity index (χ1v) is 15.4. The first-order valence-electron chi connectivity index (χ1n) is 14.1. The lowest BCUT2D eigenvalue weighted by Crippen LogP contribution is -3.14. The summed E-state index contributed by atoms with van der Waals surface area (Å²) in [6.07, 6.45) is 0. The number of carbonyl (C=O) groups excluding carboxylic acids is 3. The number of anilines is 3. The van der Waals surface area contributed by atoms with Crippen LogP contribution in [0.4, 0.5) is 31.4 Å². The Kier molecular flexibility index (Phi) is 15.8. The molecule has 250 valence electrons. The molecule has 3 rings (SSSR count). The Hall–Kier alpha value is -6.23. The Balaban J connectivity index is 0.00000149. The smallest absolute Gasteiger partial charge is 0.319 e. The zero-order valence-corrected chi connectivity index (χ0v) is 26.1. The second kappa shape index (κ2) is 20.0. The maximum absolute atomic E-state index is 12.3. The van der Waals surface area contributed by atoms with Gasteiger partial charge in [0.05, 0.1) is 74.2 Å². The van der Waals surface area contributed by atoms with Gasteiger partial charge in [-0.25, -0.2) is 22.8 Å². The molecule has 8 N–H and O–H groups in total. The van der Waals surface area contributed by atoms with Crippen LogP contribution in [-0.4, -0.2) is 74.9 Å². The summed E-state index contributed by atoms with van der Waals surface area (Å²) in [6, 6.07) is 24.3. The number of nitrogens with one attached hydrogen (secondary N) is 7. The van der Waals surface area contributed by atoms with Crippen molar-refractivity contribution in [1.82, 2.24) is 16.0 Å².